The Labute approximate surface area is 104 Å². The van der Waals surface area contributed by atoms with Crippen molar-refractivity contribution in [2.24, 2.45) is 0 Å². The number of nitriles is 1. The molecular formula is C15H20N2. The molecule has 0 unspecified atom stereocenters. The molecule has 0 bridgehead atoms. The van der Waals surface area contributed by atoms with E-state index in [9.17, 15) is 0 Å². The molecule has 0 spiro atoms. The predicted octanol–water partition coefficient (Wildman–Crippen LogP) is 4.08. The first kappa shape index (κ1) is 12.0. The van der Waals surface area contributed by atoms with Crippen LogP contribution in [-0.2, 0) is 0 Å². The van der Waals surface area contributed by atoms with E-state index in [0.717, 1.165) is 11.3 Å². The summed E-state index contributed by atoms with van der Waals surface area (Å²) in [5.74, 6) is 0. The minimum atomic E-state index is 0.614. The molecule has 0 saturated heterocycles. The van der Waals surface area contributed by atoms with E-state index < -0.39 is 0 Å². The standard InChI is InChI=1S/C15H20N2/c16-12-13-8-10-15(11-9-13)17-14-6-4-2-1-3-5-7-14/h8-11,14,17H,1-7H2. The monoisotopic (exact) mass is 228 g/mol. The molecule has 0 atom stereocenters. The zero-order valence-corrected chi connectivity index (χ0v) is 10.3. The molecule has 1 aliphatic rings. The average molecular weight is 228 g/mol. The van der Waals surface area contributed by atoms with Gasteiger partial charge in [0.25, 0.3) is 0 Å². The Morgan fingerprint density at radius 3 is 2.12 bits per heavy atom. The van der Waals surface area contributed by atoms with Gasteiger partial charge in [0.15, 0.2) is 0 Å². The summed E-state index contributed by atoms with van der Waals surface area (Å²) in [4.78, 5) is 0. The fourth-order valence-electron chi connectivity index (χ4n) is 2.48. The van der Waals surface area contributed by atoms with Gasteiger partial charge in [-0.25, -0.2) is 0 Å². The summed E-state index contributed by atoms with van der Waals surface area (Å²) >= 11 is 0. The highest BCUT2D eigenvalue weighted by Crippen LogP contribution is 2.20. The molecule has 2 rings (SSSR count). The van der Waals surface area contributed by atoms with Crippen LogP contribution in [0.4, 0.5) is 5.69 Å². The molecule has 90 valence electrons. The molecule has 0 aromatic heterocycles. The maximum atomic E-state index is 8.75. The SMILES string of the molecule is N#Cc1ccc(NC2CCCCCCC2)cc1. The number of rotatable bonds is 2. The van der Waals surface area contributed by atoms with Gasteiger partial charge in [-0.15, -0.1) is 0 Å². The van der Waals surface area contributed by atoms with Gasteiger partial charge in [0.05, 0.1) is 11.6 Å². The van der Waals surface area contributed by atoms with Gasteiger partial charge >= 0.3 is 0 Å². The molecule has 0 heterocycles. The van der Waals surface area contributed by atoms with Gasteiger partial charge in [-0.05, 0) is 37.1 Å². The highest BCUT2D eigenvalue weighted by molar-refractivity contribution is 5.47. The third-order valence-electron chi connectivity index (χ3n) is 3.49. The molecule has 1 aromatic carbocycles. The average Bonchev–Trinajstić information content (AvgIpc) is 2.33. The molecule has 1 saturated carbocycles. The summed E-state index contributed by atoms with van der Waals surface area (Å²) in [6, 6.07) is 10.5. The van der Waals surface area contributed by atoms with Gasteiger partial charge in [0, 0.05) is 11.7 Å². The van der Waals surface area contributed by atoms with Crippen molar-refractivity contribution in [1.29, 1.82) is 5.26 Å². The highest BCUT2D eigenvalue weighted by Gasteiger charge is 2.10. The second kappa shape index (κ2) is 6.30. The van der Waals surface area contributed by atoms with Crippen LogP contribution in [0.5, 0.6) is 0 Å². The fourth-order valence-corrected chi connectivity index (χ4v) is 2.48. The summed E-state index contributed by atoms with van der Waals surface area (Å²) in [7, 11) is 0. The Kier molecular flexibility index (Phi) is 4.44. The van der Waals surface area contributed by atoms with Crippen molar-refractivity contribution in [2.45, 2.75) is 51.0 Å². The van der Waals surface area contributed by atoms with Crippen molar-refractivity contribution in [3.8, 4) is 6.07 Å². The van der Waals surface area contributed by atoms with Gasteiger partial charge in [-0.1, -0.05) is 32.1 Å². The molecule has 2 nitrogen and oxygen atoms in total. The van der Waals surface area contributed by atoms with Crippen LogP contribution in [0.3, 0.4) is 0 Å². The van der Waals surface area contributed by atoms with Crippen LogP contribution >= 0.6 is 0 Å². The minimum absolute atomic E-state index is 0.614. The molecule has 1 aromatic rings. The normalized spacial score (nSPS) is 17.8. The molecule has 0 aliphatic heterocycles. The van der Waals surface area contributed by atoms with Crippen LogP contribution in [-0.4, -0.2) is 6.04 Å². The van der Waals surface area contributed by atoms with E-state index in [1.807, 2.05) is 24.3 Å². The van der Waals surface area contributed by atoms with Crippen molar-refractivity contribution in [3.05, 3.63) is 29.8 Å². The van der Waals surface area contributed by atoms with E-state index in [-0.39, 0.29) is 0 Å². The van der Waals surface area contributed by atoms with Gasteiger partial charge in [0.2, 0.25) is 0 Å². The van der Waals surface area contributed by atoms with Gasteiger partial charge in [0.1, 0.15) is 0 Å². The smallest absolute Gasteiger partial charge is 0.0991 e. The third-order valence-corrected chi connectivity index (χ3v) is 3.49. The lowest BCUT2D eigenvalue weighted by molar-refractivity contribution is 0.471. The second-order valence-corrected chi connectivity index (χ2v) is 4.88. The Hall–Kier alpha value is -1.49. The molecule has 0 amide bonds. The molecule has 0 radical (unpaired) electrons. The van der Waals surface area contributed by atoms with E-state index in [1.165, 1.54) is 44.9 Å². The van der Waals surface area contributed by atoms with Crippen molar-refractivity contribution in [2.75, 3.05) is 5.32 Å². The lowest BCUT2D eigenvalue weighted by atomic mass is 9.96. The van der Waals surface area contributed by atoms with E-state index >= 15 is 0 Å². The van der Waals surface area contributed by atoms with Crippen molar-refractivity contribution < 1.29 is 0 Å². The Morgan fingerprint density at radius 2 is 1.53 bits per heavy atom. The largest absolute Gasteiger partial charge is 0.382 e. The molecule has 1 fully saturated rings. The third kappa shape index (κ3) is 3.78. The zero-order chi connectivity index (χ0) is 11.9. The second-order valence-electron chi connectivity index (χ2n) is 4.88. The molecule has 17 heavy (non-hydrogen) atoms. The highest BCUT2D eigenvalue weighted by atomic mass is 14.9. The fraction of sp³-hybridized carbons (Fsp3) is 0.533. The maximum Gasteiger partial charge on any atom is 0.0991 e. The first-order chi connectivity index (χ1) is 8.38. The summed E-state index contributed by atoms with van der Waals surface area (Å²) in [5.41, 5.74) is 1.88. The van der Waals surface area contributed by atoms with Crippen LogP contribution in [0.1, 0.15) is 50.5 Å². The first-order valence-electron chi connectivity index (χ1n) is 6.65. The quantitative estimate of drug-likeness (QED) is 0.827. The van der Waals surface area contributed by atoms with Crippen LogP contribution in [0.2, 0.25) is 0 Å². The molecular weight excluding hydrogens is 208 g/mol. The van der Waals surface area contributed by atoms with Gasteiger partial charge < -0.3 is 5.32 Å². The number of nitrogens with zero attached hydrogens (tertiary/aromatic N) is 1. The maximum absolute atomic E-state index is 8.75. The van der Waals surface area contributed by atoms with Crippen LogP contribution < -0.4 is 5.32 Å². The summed E-state index contributed by atoms with van der Waals surface area (Å²) in [5, 5.41) is 12.3. The Balaban J connectivity index is 1.91. The lowest BCUT2D eigenvalue weighted by Crippen LogP contribution is -2.20. The Morgan fingerprint density at radius 1 is 0.941 bits per heavy atom. The van der Waals surface area contributed by atoms with E-state index in [1.54, 1.807) is 0 Å². The Bertz CT molecular complexity index is 367. The van der Waals surface area contributed by atoms with Crippen LogP contribution in [0.15, 0.2) is 24.3 Å². The molecule has 1 aliphatic carbocycles. The van der Waals surface area contributed by atoms with Crippen LogP contribution in [0.25, 0.3) is 0 Å². The van der Waals surface area contributed by atoms with Crippen LogP contribution in [0, 0.1) is 11.3 Å². The number of anilines is 1. The van der Waals surface area contributed by atoms with Gasteiger partial charge in [-0.2, -0.15) is 5.26 Å². The van der Waals surface area contributed by atoms with E-state index in [2.05, 4.69) is 11.4 Å². The number of benzene rings is 1. The first-order valence-corrected chi connectivity index (χ1v) is 6.65. The molecule has 2 heteroatoms. The number of hydrogen-bond acceptors (Lipinski definition) is 2. The summed E-state index contributed by atoms with van der Waals surface area (Å²) in [6.07, 6.45) is 9.41. The summed E-state index contributed by atoms with van der Waals surface area (Å²) < 4.78 is 0. The van der Waals surface area contributed by atoms with Gasteiger partial charge in [-0.3, -0.25) is 0 Å². The van der Waals surface area contributed by atoms with Crippen molar-refractivity contribution in [3.63, 3.8) is 0 Å². The van der Waals surface area contributed by atoms with Crippen molar-refractivity contribution in [1.82, 2.24) is 0 Å². The van der Waals surface area contributed by atoms with E-state index in [0.29, 0.717) is 6.04 Å². The topological polar surface area (TPSA) is 35.8 Å². The summed E-state index contributed by atoms with van der Waals surface area (Å²) in [6.45, 7) is 0. The number of hydrogen-bond donors (Lipinski definition) is 1. The minimum Gasteiger partial charge on any atom is -0.382 e. The van der Waals surface area contributed by atoms with E-state index in [4.69, 9.17) is 5.26 Å². The zero-order valence-electron chi connectivity index (χ0n) is 10.3. The lowest BCUT2D eigenvalue weighted by Gasteiger charge is -2.22. The number of nitrogens with one attached hydrogen (secondary N) is 1. The van der Waals surface area contributed by atoms with Crippen molar-refractivity contribution >= 4 is 5.69 Å². The predicted molar refractivity (Wildman–Crippen MR) is 70.9 cm³/mol. The molecule has 1 N–H and O–H groups in total.